The summed E-state index contributed by atoms with van der Waals surface area (Å²) in [5.74, 6) is 0.828. The molecule has 6 atom stereocenters. The van der Waals surface area contributed by atoms with E-state index in [1.807, 2.05) is 0 Å². The number of carbonyl (C=O) groups is 4. The van der Waals surface area contributed by atoms with Crippen molar-refractivity contribution < 1.29 is 80.2 Å². The second-order valence-electron chi connectivity index (χ2n) is 26.2. The van der Waals surface area contributed by atoms with Gasteiger partial charge < -0.3 is 33.8 Å². The lowest BCUT2D eigenvalue weighted by Gasteiger charge is -2.21. The summed E-state index contributed by atoms with van der Waals surface area (Å²) in [6.07, 6.45) is 39.0. The number of phosphoric ester groups is 2. The zero-order valence-corrected chi connectivity index (χ0v) is 58.4. The minimum atomic E-state index is -4.95. The van der Waals surface area contributed by atoms with E-state index in [2.05, 4.69) is 55.4 Å². The average molecular weight is 1280 g/mol. The minimum absolute atomic E-state index is 0.104. The minimum Gasteiger partial charge on any atom is -0.462 e. The fraction of sp³-hybridized carbons (Fsp3) is 0.941. The molecule has 87 heavy (non-hydrogen) atoms. The van der Waals surface area contributed by atoms with Crippen molar-refractivity contribution >= 4 is 39.5 Å². The molecule has 0 saturated carbocycles. The van der Waals surface area contributed by atoms with E-state index in [0.717, 1.165) is 114 Å². The number of phosphoric acid groups is 2. The molecule has 0 saturated heterocycles. The zero-order valence-electron chi connectivity index (χ0n) is 56.6. The zero-order chi connectivity index (χ0) is 64.7. The van der Waals surface area contributed by atoms with Crippen molar-refractivity contribution in [2.75, 3.05) is 39.6 Å². The van der Waals surface area contributed by atoms with Crippen molar-refractivity contribution in [2.45, 2.75) is 350 Å². The molecule has 0 aromatic rings. The number of aliphatic hydroxyl groups is 1. The van der Waals surface area contributed by atoms with E-state index in [-0.39, 0.29) is 25.7 Å². The smallest absolute Gasteiger partial charge is 0.462 e. The van der Waals surface area contributed by atoms with E-state index in [9.17, 15) is 43.2 Å². The normalized spacial score (nSPS) is 14.6. The Balaban J connectivity index is 5.26. The maximum absolute atomic E-state index is 13.0. The summed E-state index contributed by atoms with van der Waals surface area (Å²) >= 11 is 0. The lowest BCUT2D eigenvalue weighted by Crippen LogP contribution is -2.30. The Labute approximate surface area is 530 Å². The molecule has 3 unspecified atom stereocenters. The van der Waals surface area contributed by atoms with Crippen LogP contribution in [0.4, 0.5) is 0 Å². The predicted octanol–water partition coefficient (Wildman–Crippen LogP) is 18.9. The Bertz CT molecular complexity index is 1730. The van der Waals surface area contributed by atoms with Crippen molar-refractivity contribution in [3.05, 3.63) is 0 Å². The number of ether oxygens (including phenoxy) is 4. The lowest BCUT2D eigenvalue weighted by atomic mass is 9.99. The fourth-order valence-electron chi connectivity index (χ4n) is 10.1. The molecule has 516 valence electrons. The van der Waals surface area contributed by atoms with Gasteiger partial charge in [-0.25, -0.2) is 9.13 Å². The first-order valence-electron chi connectivity index (χ1n) is 35.2. The van der Waals surface area contributed by atoms with Crippen LogP contribution in [0.2, 0.25) is 0 Å². The van der Waals surface area contributed by atoms with E-state index in [4.69, 9.17) is 37.0 Å². The maximum atomic E-state index is 13.0. The molecule has 19 heteroatoms. The first-order valence-corrected chi connectivity index (χ1v) is 38.2. The first kappa shape index (κ1) is 85.1. The third kappa shape index (κ3) is 61.3. The van der Waals surface area contributed by atoms with Crippen molar-refractivity contribution in [3.63, 3.8) is 0 Å². The molecule has 0 rings (SSSR count). The summed E-state index contributed by atoms with van der Waals surface area (Å²) in [4.78, 5) is 72.4. The Morgan fingerprint density at radius 2 is 0.552 bits per heavy atom. The number of carbonyl (C=O) groups excluding carboxylic acids is 4. The highest BCUT2D eigenvalue weighted by atomic mass is 31.2. The van der Waals surface area contributed by atoms with Gasteiger partial charge in [-0.2, -0.15) is 0 Å². The molecule has 3 N–H and O–H groups in total. The molecular weight excluding hydrogens is 1150 g/mol. The third-order valence-corrected chi connectivity index (χ3v) is 17.8. The molecule has 0 aromatic carbocycles. The van der Waals surface area contributed by atoms with Gasteiger partial charge in [-0.1, -0.05) is 280 Å². The largest absolute Gasteiger partial charge is 0.472 e. The predicted molar refractivity (Wildman–Crippen MR) is 349 cm³/mol. The van der Waals surface area contributed by atoms with Gasteiger partial charge in [-0.05, 0) is 49.4 Å². The monoisotopic (exact) mass is 1280 g/mol. The summed E-state index contributed by atoms with van der Waals surface area (Å²) in [5.41, 5.74) is 0. The van der Waals surface area contributed by atoms with Crippen LogP contribution < -0.4 is 0 Å². The van der Waals surface area contributed by atoms with Gasteiger partial charge in [0.25, 0.3) is 0 Å². The van der Waals surface area contributed by atoms with Crippen LogP contribution in [0.5, 0.6) is 0 Å². The molecule has 0 radical (unpaired) electrons. The van der Waals surface area contributed by atoms with E-state index in [1.165, 1.54) is 128 Å². The highest BCUT2D eigenvalue weighted by molar-refractivity contribution is 7.47. The number of unbranched alkanes of at least 4 members (excludes halogenated alkanes) is 30. The number of esters is 4. The summed E-state index contributed by atoms with van der Waals surface area (Å²) in [5, 5.41) is 10.6. The van der Waals surface area contributed by atoms with Gasteiger partial charge in [0.1, 0.15) is 19.3 Å². The Hall–Kier alpha value is -1.94. The Morgan fingerprint density at radius 1 is 0.322 bits per heavy atom. The maximum Gasteiger partial charge on any atom is 0.472 e. The molecule has 0 amide bonds. The molecule has 0 heterocycles. The molecule has 0 spiro atoms. The van der Waals surface area contributed by atoms with Gasteiger partial charge >= 0.3 is 39.5 Å². The van der Waals surface area contributed by atoms with Gasteiger partial charge in [-0.3, -0.25) is 37.3 Å². The quantitative estimate of drug-likeness (QED) is 0.0222. The first-order chi connectivity index (χ1) is 41.6. The molecule has 0 bridgehead atoms. The van der Waals surface area contributed by atoms with Crippen LogP contribution in [0.3, 0.4) is 0 Å². The van der Waals surface area contributed by atoms with E-state index in [0.29, 0.717) is 31.6 Å². The van der Waals surface area contributed by atoms with Crippen molar-refractivity contribution in [1.82, 2.24) is 0 Å². The highest BCUT2D eigenvalue weighted by Gasteiger charge is 2.30. The second-order valence-corrected chi connectivity index (χ2v) is 29.1. The molecule has 0 aliphatic carbocycles. The number of aliphatic hydroxyl groups excluding tert-OH is 1. The van der Waals surface area contributed by atoms with Crippen LogP contribution in [0.1, 0.15) is 331 Å². The number of rotatable bonds is 65. The molecule has 0 aromatic heterocycles. The van der Waals surface area contributed by atoms with Crippen LogP contribution in [0.15, 0.2) is 0 Å². The van der Waals surface area contributed by atoms with Crippen molar-refractivity contribution in [2.24, 2.45) is 23.7 Å². The van der Waals surface area contributed by atoms with Gasteiger partial charge in [0.15, 0.2) is 12.2 Å². The fourth-order valence-corrected chi connectivity index (χ4v) is 11.7. The van der Waals surface area contributed by atoms with E-state index in [1.54, 1.807) is 0 Å². The topological polar surface area (TPSA) is 237 Å². The SMILES string of the molecule is CCC(C)CCCCCCCCCCCCC(=O)O[C@H](COC(=O)CCCCCCCCC(C)C)COP(=O)(O)OC[C@H](O)COP(=O)(O)OC[C@@H](COC(=O)CCCCCCCCCCCC(C)C)OC(=O)CCCCCCCCCCCC(C)C. The summed E-state index contributed by atoms with van der Waals surface area (Å²) in [6, 6.07) is 0. The summed E-state index contributed by atoms with van der Waals surface area (Å²) < 4.78 is 68.2. The van der Waals surface area contributed by atoms with E-state index < -0.39 is 97.5 Å². The summed E-state index contributed by atoms with van der Waals surface area (Å²) in [7, 11) is -9.90. The lowest BCUT2D eigenvalue weighted by molar-refractivity contribution is -0.161. The number of hydrogen-bond donors (Lipinski definition) is 3. The van der Waals surface area contributed by atoms with Crippen LogP contribution in [0, 0.1) is 23.7 Å². The van der Waals surface area contributed by atoms with Crippen molar-refractivity contribution in [3.8, 4) is 0 Å². The van der Waals surface area contributed by atoms with Crippen LogP contribution in [-0.2, 0) is 65.4 Å². The Kier molecular flexibility index (Phi) is 56.6. The standard InChI is InChI=1S/C68H132O17P2/c1-9-61(8)47-39-31-22-16-10-11-17-24-34-42-50-67(72)85-64(55-79-66(71)49-41-33-27-26-30-38-46-60(6)7)57-83-87(76,77)81-53-62(69)52-80-86(74,75)82-56-63(84-68(73)51-43-35-25-19-13-15-21-29-37-45-59(4)5)54-78-65(70)48-40-32-23-18-12-14-20-28-36-44-58(2)3/h58-64,69H,9-57H2,1-8H3,(H,74,75)(H,76,77)/t61?,62-,63-,64-/m1/s1. The number of hydrogen-bond acceptors (Lipinski definition) is 15. The van der Waals surface area contributed by atoms with Gasteiger partial charge in [0, 0.05) is 25.7 Å². The summed E-state index contributed by atoms with van der Waals surface area (Å²) in [6.45, 7) is 14.0. The van der Waals surface area contributed by atoms with Crippen molar-refractivity contribution in [1.29, 1.82) is 0 Å². The average Bonchev–Trinajstić information content (AvgIpc) is 3.62. The molecule has 0 fully saturated rings. The highest BCUT2D eigenvalue weighted by Crippen LogP contribution is 2.45. The molecule has 0 aliphatic rings. The third-order valence-electron chi connectivity index (χ3n) is 15.9. The van der Waals surface area contributed by atoms with Gasteiger partial charge in [0.2, 0.25) is 0 Å². The van der Waals surface area contributed by atoms with Gasteiger partial charge in [0.05, 0.1) is 26.4 Å². The van der Waals surface area contributed by atoms with E-state index >= 15 is 0 Å². The molecule has 17 nitrogen and oxygen atoms in total. The Morgan fingerprint density at radius 3 is 0.816 bits per heavy atom. The van der Waals surface area contributed by atoms with Crippen LogP contribution in [-0.4, -0.2) is 96.7 Å². The molecule has 0 aliphatic heterocycles. The molecular formula is C68H132O17P2. The van der Waals surface area contributed by atoms with Gasteiger partial charge in [-0.15, -0.1) is 0 Å². The van der Waals surface area contributed by atoms with Crippen LogP contribution in [0.25, 0.3) is 0 Å². The van der Waals surface area contributed by atoms with Crippen LogP contribution >= 0.6 is 15.6 Å². The second kappa shape index (κ2) is 57.9.